The molecule has 0 aliphatic rings. The lowest BCUT2D eigenvalue weighted by Gasteiger charge is -2.07. The fourth-order valence-electron chi connectivity index (χ4n) is 1.20. The minimum atomic E-state index is -3.46. The van der Waals surface area contributed by atoms with E-state index in [-0.39, 0.29) is 17.3 Å². The standard InChI is InChI=1S/C10H14BrClN2O2S.ClH/c1-13-5-2-6-14-17(15,16)8-3-4-9(11)10(12)7-8;/h3-4,7,13-14H,2,5-6H2,1H3;1H. The molecule has 0 amide bonds. The first-order chi connectivity index (χ1) is 7.97. The fraction of sp³-hybridized carbons (Fsp3) is 0.400. The maximum absolute atomic E-state index is 11.9. The molecular weight excluding hydrogens is 363 g/mol. The zero-order chi connectivity index (χ0) is 12.9. The maximum atomic E-state index is 11.9. The average Bonchev–Trinajstić information content (AvgIpc) is 2.28. The molecule has 8 heteroatoms. The predicted octanol–water partition coefficient (Wildman–Crippen LogP) is 2.41. The van der Waals surface area contributed by atoms with E-state index in [1.807, 2.05) is 7.05 Å². The van der Waals surface area contributed by atoms with Crippen molar-refractivity contribution < 1.29 is 8.42 Å². The van der Waals surface area contributed by atoms with Crippen LogP contribution in [0.5, 0.6) is 0 Å². The summed E-state index contributed by atoms with van der Waals surface area (Å²) in [5.74, 6) is 0. The van der Waals surface area contributed by atoms with Crippen LogP contribution < -0.4 is 10.0 Å². The van der Waals surface area contributed by atoms with E-state index in [9.17, 15) is 8.42 Å². The van der Waals surface area contributed by atoms with Crippen molar-refractivity contribution in [1.82, 2.24) is 10.0 Å². The molecule has 1 aromatic carbocycles. The summed E-state index contributed by atoms with van der Waals surface area (Å²) in [5, 5.41) is 3.33. The molecule has 0 fully saturated rings. The van der Waals surface area contributed by atoms with Gasteiger partial charge in [-0.2, -0.15) is 0 Å². The van der Waals surface area contributed by atoms with Crippen LogP contribution in [0.3, 0.4) is 0 Å². The number of sulfonamides is 1. The lowest BCUT2D eigenvalue weighted by Crippen LogP contribution is -2.26. The topological polar surface area (TPSA) is 58.2 Å². The van der Waals surface area contributed by atoms with Gasteiger partial charge in [0, 0.05) is 11.0 Å². The SMILES string of the molecule is CNCCCNS(=O)(=O)c1ccc(Br)c(Cl)c1.Cl. The van der Waals surface area contributed by atoms with Gasteiger partial charge in [0.25, 0.3) is 0 Å². The van der Waals surface area contributed by atoms with Gasteiger partial charge in [0.05, 0.1) is 9.92 Å². The summed E-state index contributed by atoms with van der Waals surface area (Å²) in [6.45, 7) is 1.17. The molecule has 4 nitrogen and oxygen atoms in total. The smallest absolute Gasteiger partial charge is 0.240 e. The third-order valence-electron chi connectivity index (χ3n) is 2.10. The van der Waals surface area contributed by atoms with Crippen molar-refractivity contribution in [3.63, 3.8) is 0 Å². The molecule has 2 N–H and O–H groups in total. The first-order valence-electron chi connectivity index (χ1n) is 5.06. The highest BCUT2D eigenvalue weighted by molar-refractivity contribution is 9.10. The van der Waals surface area contributed by atoms with E-state index in [1.165, 1.54) is 12.1 Å². The van der Waals surface area contributed by atoms with Gasteiger partial charge in [-0.25, -0.2) is 13.1 Å². The molecule has 0 atom stereocenters. The lowest BCUT2D eigenvalue weighted by molar-refractivity contribution is 0.577. The van der Waals surface area contributed by atoms with Crippen molar-refractivity contribution in [1.29, 1.82) is 0 Å². The summed E-state index contributed by atoms with van der Waals surface area (Å²) in [6, 6.07) is 4.55. The summed E-state index contributed by atoms with van der Waals surface area (Å²) in [5.41, 5.74) is 0. The van der Waals surface area contributed by atoms with Crippen molar-refractivity contribution >= 4 is 50.0 Å². The highest BCUT2D eigenvalue weighted by Crippen LogP contribution is 2.25. The van der Waals surface area contributed by atoms with E-state index in [1.54, 1.807) is 6.07 Å². The predicted molar refractivity (Wildman–Crippen MR) is 80.1 cm³/mol. The van der Waals surface area contributed by atoms with Gasteiger partial charge >= 0.3 is 0 Å². The fourth-order valence-corrected chi connectivity index (χ4v) is 2.79. The largest absolute Gasteiger partial charge is 0.320 e. The Morgan fingerprint density at radius 2 is 2.00 bits per heavy atom. The van der Waals surface area contributed by atoms with Crippen LogP contribution in [0.25, 0.3) is 0 Å². The maximum Gasteiger partial charge on any atom is 0.240 e. The van der Waals surface area contributed by atoms with Crippen molar-refractivity contribution in [2.75, 3.05) is 20.1 Å². The quantitative estimate of drug-likeness (QED) is 0.748. The van der Waals surface area contributed by atoms with Crippen LogP contribution in [-0.4, -0.2) is 28.6 Å². The molecule has 1 rings (SSSR count). The highest BCUT2D eigenvalue weighted by Gasteiger charge is 2.14. The van der Waals surface area contributed by atoms with E-state index >= 15 is 0 Å². The van der Waals surface area contributed by atoms with Crippen molar-refractivity contribution in [2.45, 2.75) is 11.3 Å². The molecule has 0 aliphatic carbocycles. The van der Waals surface area contributed by atoms with Crippen LogP contribution in [0, 0.1) is 0 Å². The third kappa shape index (κ3) is 5.42. The van der Waals surface area contributed by atoms with E-state index in [0.717, 1.165) is 13.0 Å². The number of hydrogen-bond acceptors (Lipinski definition) is 3. The summed E-state index contributed by atoms with van der Waals surface area (Å²) in [7, 11) is -1.64. The normalized spacial score (nSPS) is 11.1. The Balaban J connectivity index is 0.00000289. The van der Waals surface area contributed by atoms with Crippen LogP contribution in [0.4, 0.5) is 0 Å². The molecule has 1 aromatic rings. The molecular formula is C10H15BrCl2N2O2S. The summed E-state index contributed by atoms with van der Waals surface area (Å²) >= 11 is 9.07. The Hall–Kier alpha value is 0.150. The molecule has 0 spiro atoms. The van der Waals surface area contributed by atoms with Gasteiger partial charge in [0.1, 0.15) is 0 Å². The average molecular weight is 378 g/mol. The van der Waals surface area contributed by atoms with Crippen molar-refractivity contribution in [3.05, 3.63) is 27.7 Å². The Bertz CT molecular complexity index is 483. The molecule has 0 unspecified atom stereocenters. The van der Waals surface area contributed by atoms with Crippen molar-refractivity contribution in [3.8, 4) is 0 Å². The number of halogens is 3. The first kappa shape index (κ1) is 18.1. The Labute approximate surface area is 127 Å². The number of rotatable bonds is 6. The van der Waals surface area contributed by atoms with Gasteiger partial charge in [-0.3, -0.25) is 0 Å². The number of hydrogen-bond donors (Lipinski definition) is 2. The van der Waals surface area contributed by atoms with E-state index < -0.39 is 10.0 Å². The van der Waals surface area contributed by atoms with E-state index in [2.05, 4.69) is 26.0 Å². The second-order valence-corrected chi connectivity index (χ2v) is 6.46. The Kier molecular flexibility index (Phi) is 8.42. The molecule has 0 aromatic heterocycles. The number of nitrogens with one attached hydrogen (secondary N) is 2. The van der Waals surface area contributed by atoms with Gasteiger partial charge in [-0.15, -0.1) is 12.4 Å². The van der Waals surface area contributed by atoms with Crippen LogP contribution >= 0.6 is 39.9 Å². The van der Waals surface area contributed by atoms with E-state index in [4.69, 9.17) is 11.6 Å². The molecule has 0 radical (unpaired) electrons. The van der Waals surface area contributed by atoms with Gasteiger partial charge in [0.2, 0.25) is 10.0 Å². The summed E-state index contributed by atoms with van der Waals surface area (Å²) in [4.78, 5) is 0.176. The van der Waals surface area contributed by atoms with Gasteiger partial charge in [-0.1, -0.05) is 11.6 Å². The molecule has 0 heterocycles. The summed E-state index contributed by atoms with van der Waals surface area (Å²) < 4.78 is 26.9. The summed E-state index contributed by atoms with van der Waals surface area (Å²) in [6.07, 6.45) is 0.736. The zero-order valence-electron chi connectivity index (χ0n) is 9.74. The second kappa shape index (κ2) is 8.35. The zero-order valence-corrected chi connectivity index (χ0v) is 13.7. The van der Waals surface area contributed by atoms with Gasteiger partial charge in [-0.05, 0) is 54.1 Å². The molecule has 0 aliphatic heterocycles. The Morgan fingerprint density at radius 1 is 1.33 bits per heavy atom. The first-order valence-corrected chi connectivity index (χ1v) is 7.72. The highest BCUT2D eigenvalue weighted by atomic mass is 79.9. The molecule has 0 saturated heterocycles. The molecule has 18 heavy (non-hydrogen) atoms. The lowest BCUT2D eigenvalue weighted by atomic mass is 10.4. The van der Waals surface area contributed by atoms with Crippen LogP contribution in [0.1, 0.15) is 6.42 Å². The van der Waals surface area contributed by atoms with Crippen molar-refractivity contribution in [2.24, 2.45) is 0 Å². The molecule has 0 saturated carbocycles. The van der Waals surface area contributed by atoms with Crippen LogP contribution in [-0.2, 0) is 10.0 Å². The monoisotopic (exact) mass is 376 g/mol. The van der Waals surface area contributed by atoms with Crippen LogP contribution in [0.2, 0.25) is 5.02 Å². The van der Waals surface area contributed by atoms with Crippen LogP contribution in [0.15, 0.2) is 27.6 Å². The molecule has 0 bridgehead atoms. The minimum absolute atomic E-state index is 0. The Morgan fingerprint density at radius 3 is 2.56 bits per heavy atom. The van der Waals surface area contributed by atoms with E-state index in [0.29, 0.717) is 16.0 Å². The van der Waals surface area contributed by atoms with Gasteiger partial charge in [0.15, 0.2) is 0 Å². The van der Waals surface area contributed by atoms with Gasteiger partial charge < -0.3 is 5.32 Å². The molecule has 104 valence electrons. The minimum Gasteiger partial charge on any atom is -0.320 e. The number of benzene rings is 1. The second-order valence-electron chi connectivity index (χ2n) is 3.43. The third-order valence-corrected chi connectivity index (χ3v) is 4.79.